The van der Waals surface area contributed by atoms with Crippen LogP contribution in [-0.2, 0) is 0 Å². The summed E-state index contributed by atoms with van der Waals surface area (Å²) < 4.78 is 0. The Morgan fingerprint density at radius 1 is 1.28 bits per heavy atom. The van der Waals surface area contributed by atoms with Gasteiger partial charge < -0.3 is 11.1 Å². The molecule has 92 valence electrons. The van der Waals surface area contributed by atoms with Crippen molar-refractivity contribution in [2.24, 2.45) is 0 Å². The van der Waals surface area contributed by atoms with Crippen LogP contribution in [-0.4, -0.2) is 9.91 Å². The summed E-state index contributed by atoms with van der Waals surface area (Å²) in [4.78, 5) is 14.3. The molecule has 2 rings (SSSR count). The molecule has 1 aromatic heterocycles. The van der Waals surface area contributed by atoms with Crippen molar-refractivity contribution in [1.29, 1.82) is 0 Å². The predicted octanol–water partition coefficient (Wildman–Crippen LogP) is 2.62. The number of nitro benzene ring substituents is 1. The maximum Gasteiger partial charge on any atom is 0.294 e. The Labute approximate surface area is 104 Å². The molecule has 0 aliphatic rings. The molecule has 0 aliphatic heterocycles. The number of nitrogens with one attached hydrogen (secondary N) is 1. The zero-order valence-electron chi connectivity index (χ0n) is 9.75. The maximum absolute atomic E-state index is 10.8. The average molecular weight is 244 g/mol. The highest BCUT2D eigenvalue weighted by Gasteiger charge is 2.11. The SMILES string of the molecule is Cc1cc(Nc2ccc(N)c([N+](=O)[O-])c2)ccn1. The number of rotatable bonds is 3. The van der Waals surface area contributed by atoms with E-state index in [0.29, 0.717) is 5.69 Å². The second-order valence-corrected chi connectivity index (χ2v) is 3.84. The van der Waals surface area contributed by atoms with Crippen LogP contribution in [0.15, 0.2) is 36.5 Å². The molecule has 1 heterocycles. The van der Waals surface area contributed by atoms with Gasteiger partial charge in [0.15, 0.2) is 0 Å². The minimum Gasteiger partial charge on any atom is -0.393 e. The first-order valence-corrected chi connectivity index (χ1v) is 5.30. The van der Waals surface area contributed by atoms with Crippen LogP contribution in [0.4, 0.5) is 22.7 Å². The van der Waals surface area contributed by atoms with E-state index in [-0.39, 0.29) is 11.4 Å². The van der Waals surface area contributed by atoms with Crippen LogP contribution in [0.1, 0.15) is 5.69 Å². The summed E-state index contributed by atoms with van der Waals surface area (Å²) in [6.45, 7) is 1.87. The molecule has 0 amide bonds. The summed E-state index contributed by atoms with van der Waals surface area (Å²) in [6, 6.07) is 8.25. The molecule has 1 aromatic carbocycles. The summed E-state index contributed by atoms with van der Waals surface area (Å²) >= 11 is 0. The first kappa shape index (κ1) is 11.8. The Morgan fingerprint density at radius 3 is 2.67 bits per heavy atom. The van der Waals surface area contributed by atoms with Gasteiger partial charge in [0.05, 0.1) is 4.92 Å². The van der Waals surface area contributed by atoms with E-state index in [1.807, 2.05) is 13.0 Å². The van der Waals surface area contributed by atoms with Crippen molar-refractivity contribution in [2.45, 2.75) is 6.92 Å². The van der Waals surface area contributed by atoms with Gasteiger partial charge in [0.2, 0.25) is 0 Å². The molecule has 0 saturated carbocycles. The molecule has 0 unspecified atom stereocenters. The molecule has 0 aliphatic carbocycles. The summed E-state index contributed by atoms with van der Waals surface area (Å²) in [6.07, 6.45) is 1.67. The standard InChI is InChI=1S/C12H12N4O2/c1-8-6-10(4-5-14-8)15-9-2-3-11(13)12(7-9)16(17)18/h2-7H,13H2,1H3,(H,14,15). The number of nitrogens with two attached hydrogens (primary N) is 1. The third-order valence-electron chi connectivity index (χ3n) is 2.41. The molecule has 6 nitrogen and oxygen atoms in total. The predicted molar refractivity (Wildman–Crippen MR) is 69.8 cm³/mol. The van der Waals surface area contributed by atoms with Crippen LogP contribution in [0.5, 0.6) is 0 Å². The van der Waals surface area contributed by atoms with Gasteiger partial charge in [-0.3, -0.25) is 15.1 Å². The van der Waals surface area contributed by atoms with Crippen molar-refractivity contribution < 1.29 is 4.92 Å². The molecular weight excluding hydrogens is 232 g/mol. The zero-order chi connectivity index (χ0) is 13.1. The number of anilines is 3. The van der Waals surface area contributed by atoms with Crippen LogP contribution in [0.2, 0.25) is 0 Å². The van der Waals surface area contributed by atoms with Gasteiger partial charge in [0.1, 0.15) is 5.69 Å². The second-order valence-electron chi connectivity index (χ2n) is 3.84. The largest absolute Gasteiger partial charge is 0.393 e. The fraction of sp³-hybridized carbons (Fsp3) is 0.0833. The number of pyridine rings is 1. The van der Waals surface area contributed by atoms with Crippen molar-refractivity contribution in [1.82, 2.24) is 4.98 Å². The highest BCUT2D eigenvalue weighted by atomic mass is 16.6. The summed E-state index contributed by atoms with van der Waals surface area (Å²) in [5.41, 5.74) is 7.87. The number of hydrogen-bond donors (Lipinski definition) is 2. The molecule has 18 heavy (non-hydrogen) atoms. The van der Waals surface area contributed by atoms with E-state index in [1.165, 1.54) is 12.1 Å². The van der Waals surface area contributed by atoms with E-state index in [1.54, 1.807) is 18.3 Å². The number of nitrogens with zero attached hydrogens (tertiary/aromatic N) is 2. The van der Waals surface area contributed by atoms with Gasteiger partial charge >= 0.3 is 0 Å². The molecule has 0 atom stereocenters. The summed E-state index contributed by atoms with van der Waals surface area (Å²) in [7, 11) is 0. The first-order valence-electron chi connectivity index (χ1n) is 5.30. The number of hydrogen-bond acceptors (Lipinski definition) is 5. The maximum atomic E-state index is 10.8. The third kappa shape index (κ3) is 2.54. The third-order valence-corrected chi connectivity index (χ3v) is 2.41. The molecule has 0 saturated heterocycles. The van der Waals surface area contributed by atoms with E-state index in [0.717, 1.165) is 11.4 Å². The first-order chi connectivity index (χ1) is 8.56. The Hall–Kier alpha value is -2.63. The zero-order valence-corrected chi connectivity index (χ0v) is 9.75. The van der Waals surface area contributed by atoms with Crippen LogP contribution >= 0.6 is 0 Å². The monoisotopic (exact) mass is 244 g/mol. The lowest BCUT2D eigenvalue weighted by molar-refractivity contribution is -0.383. The molecule has 2 aromatic rings. The van der Waals surface area contributed by atoms with Crippen LogP contribution < -0.4 is 11.1 Å². The van der Waals surface area contributed by atoms with Crippen LogP contribution in [0, 0.1) is 17.0 Å². The quantitative estimate of drug-likeness (QED) is 0.491. The molecule has 0 bridgehead atoms. The van der Waals surface area contributed by atoms with E-state index in [2.05, 4.69) is 10.3 Å². The minimum absolute atomic E-state index is 0.106. The lowest BCUT2D eigenvalue weighted by atomic mass is 10.2. The van der Waals surface area contributed by atoms with Gasteiger partial charge in [-0.2, -0.15) is 0 Å². The second kappa shape index (κ2) is 4.70. The molecule has 0 spiro atoms. The normalized spacial score (nSPS) is 10.1. The number of nitrogen functional groups attached to an aromatic ring is 1. The van der Waals surface area contributed by atoms with E-state index in [9.17, 15) is 10.1 Å². The van der Waals surface area contributed by atoms with Crippen molar-refractivity contribution >= 4 is 22.7 Å². The molecule has 6 heteroatoms. The fourth-order valence-corrected chi connectivity index (χ4v) is 1.57. The van der Waals surface area contributed by atoms with Crippen molar-refractivity contribution in [3.63, 3.8) is 0 Å². The van der Waals surface area contributed by atoms with Crippen molar-refractivity contribution in [3.8, 4) is 0 Å². The van der Waals surface area contributed by atoms with Gasteiger partial charge in [-0.05, 0) is 31.2 Å². The molecule has 0 radical (unpaired) electrons. The molecular formula is C12H12N4O2. The van der Waals surface area contributed by atoms with E-state index >= 15 is 0 Å². The fourth-order valence-electron chi connectivity index (χ4n) is 1.57. The van der Waals surface area contributed by atoms with Gasteiger partial charge in [-0.25, -0.2) is 0 Å². The average Bonchev–Trinajstić information content (AvgIpc) is 2.31. The van der Waals surface area contributed by atoms with Gasteiger partial charge in [0.25, 0.3) is 5.69 Å². The van der Waals surface area contributed by atoms with Crippen LogP contribution in [0.3, 0.4) is 0 Å². The molecule has 0 fully saturated rings. The van der Waals surface area contributed by atoms with Gasteiger partial charge in [0, 0.05) is 29.3 Å². The Morgan fingerprint density at radius 2 is 2.00 bits per heavy atom. The Kier molecular flexibility index (Phi) is 3.09. The highest BCUT2D eigenvalue weighted by molar-refractivity contribution is 5.69. The van der Waals surface area contributed by atoms with Gasteiger partial charge in [-0.15, -0.1) is 0 Å². The van der Waals surface area contributed by atoms with Crippen molar-refractivity contribution in [2.75, 3.05) is 11.1 Å². The van der Waals surface area contributed by atoms with Crippen molar-refractivity contribution in [3.05, 3.63) is 52.3 Å². The molecule has 3 N–H and O–H groups in total. The minimum atomic E-state index is -0.502. The number of benzene rings is 1. The van der Waals surface area contributed by atoms with E-state index < -0.39 is 4.92 Å². The van der Waals surface area contributed by atoms with E-state index in [4.69, 9.17) is 5.73 Å². The van der Waals surface area contributed by atoms with Crippen LogP contribution in [0.25, 0.3) is 0 Å². The summed E-state index contributed by atoms with van der Waals surface area (Å²) in [5, 5.41) is 13.8. The lowest BCUT2D eigenvalue weighted by Gasteiger charge is -2.07. The topological polar surface area (TPSA) is 94.1 Å². The lowest BCUT2D eigenvalue weighted by Crippen LogP contribution is -1.98. The number of nitro groups is 1. The Balaban J connectivity index is 2.30. The number of aryl methyl sites for hydroxylation is 1. The summed E-state index contributed by atoms with van der Waals surface area (Å²) in [5.74, 6) is 0. The smallest absolute Gasteiger partial charge is 0.294 e. The Bertz CT molecular complexity index is 598. The number of aromatic nitrogens is 1. The highest BCUT2D eigenvalue weighted by Crippen LogP contribution is 2.27. The van der Waals surface area contributed by atoms with Gasteiger partial charge in [-0.1, -0.05) is 0 Å².